The van der Waals surface area contributed by atoms with Gasteiger partial charge in [0.25, 0.3) is 0 Å². The highest BCUT2D eigenvalue weighted by Crippen LogP contribution is 2.36. The lowest BCUT2D eigenvalue weighted by molar-refractivity contribution is -0.143. The zero-order chi connectivity index (χ0) is 22.9. The van der Waals surface area contributed by atoms with Gasteiger partial charge in [-0.15, -0.1) is 0 Å². The fraction of sp³-hybridized carbons (Fsp3) is 0.143. The Labute approximate surface area is 174 Å². The Morgan fingerprint density at radius 3 is 1.65 bits per heavy atom. The summed E-state index contributed by atoms with van der Waals surface area (Å²) in [5.74, 6) is 0. The minimum absolute atomic E-state index is 0.0136. The minimum atomic E-state index is -5.01. The first-order valence-corrected chi connectivity index (χ1v) is 10.3. The number of benzene rings is 3. The van der Waals surface area contributed by atoms with Gasteiger partial charge in [-0.1, -0.05) is 42.5 Å². The molecule has 0 atom stereocenters. The molecule has 0 radical (unpaired) electrons. The van der Waals surface area contributed by atoms with Gasteiger partial charge in [0, 0.05) is 6.54 Å². The van der Waals surface area contributed by atoms with Crippen molar-refractivity contribution in [1.29, 1.82) is 0 Å². The van der Waals surface area contributed by atoms with Gasteiger partial charge in [-0.05, 0) is 47.0 Å². The van der Waals surface area contributed by atoms with Gasteiger partial charge in [0.2, 0.25) is 10.0 Å². The van der Waals surface area contributed by atoms with E-state index in [1.807, 2.05) is 35.1 Å². The summed E-state index contributed by atoms with van der Waals surface area (Å²) in [6.07, 6.45) is -10.0. The van der Waals surface area contributed by atoms with Crippen LogP contribution in [0.5, 0.6) is 0 Å². The van der Waals surface area contributed by atoms with Crippen LogP contribution >= 0.6 is 0 Å². The number of nitrogens with one attached hydrogen (secondary N) is 1. The molecule has 0 aliphatic rings. The molecule has 0 aliphatic heterocycles. The number of halogens is 6. The summed E-state index contributed by atoms with van der Waals surface area (Å²) < 4.78 is 105. The molecule has 10 heteroatoms. The van der Waals surface area contributed by atoms with Gasteiger partial charge in [0.15, 0.2) is 0 Å². The summed E-state index contributed by atoms with van der Waals surface area (Å²) in [6, 6.07) is 15.8. The van der Waals surface area contributed by atoms with Crippen LogP contribution in [-0.4, -0.2) is 8.42 Å². The second-order valence-electron chi connectivity index (χ2n) is 6.63. The van der Waals surface area contributed by atoms with Crippen LogP contribution in [0.2, 0.25) is 0 Å². The van der Waals surface area contributed by atoms with Gasteiger partial charge in [-0.2, -0.15) is 26.3 Å². The predicted octanol–water partition coefficient (Wildman–Crippen LogP) is 5.87. The monoisotopic (exact) mass is 459 g/mol. The Morgan fingerprint density at radius 1 is 0.677 bits per heavy atom. The first-order valence-electron chi connectivity index (χ1n) is 8.80. The molecule has 164 valence electrons. The third-order valence-corrected chi connectivity index (χ3v) is 5.80. The Morgan fingerprint density at radius 2 is 1.16 bits per heavy atom. The van der Waals surface area contributed by atoms with Crippen molar-refractivity contribution in [3.8, 4) is 11.1 Å². The van der Waals surface area contributed by atoms with E-state index in [0.29, 0.717) is 12.1 Å². The summed E-state index contributed by atoms with van der Waals surface area (Å²) >= 11 is 0. The smallest absolute Gasteiger partial charge is 0.207 e. The van der Waals surface area contributed by atoms with Crippen molar-refractivity contribution in [3.05, 3.63) is 89.5 Å². The van der Waals surface area contributed by atoms with Crippen LogP contribution in [-0.2, 0) is 28.9 Å². The largest absolute Gasteiger partial charge is 0.416 e. The second kappa shape index (κ2) is 8.35. The molecule has 0 unspecified atom stereocenters. The molecule has 3 nitrogen and oxygen atoms in total. The molecule has 3 aromatic rings. The first kappa shape index (κ1) is 22.8. The number of rotatable bonds is 5. The molecule has 0 fully saturated rings. The normalized spacial score (nSPS) is 12.7. The Balaban J connectivity index is 1.83. The number of sulfonamides is 1. The molecular weight excluding hydrogens is 444 g/mol. The molecule has 0 saturated heterocycles. The van der Waals surface area contributed by atoms with Gasteiger partial charge in [0.05, 0.1) is 16.0 Å². The Bertz CT molecular complexity index is 1120. The molecule has 0 spiro atoms. The van der Waals surface area contributed by atoms with E-state index < -0.39 is 45.6 Å². The molecular formula is C21H15F6NO2S. The zero-order valence-corrected chi connectivity index (χ0v) is 16.4. The molecule has 3 aromatic carbocycles. The van der Waals surface area contributed by atoms with Crippen molar-refractivity contribution < 1.29 is 34.8 Å². The van der Waals surface area contributed by atoms with E-state index in [9.17, 15) is 34.8 Å². The van der Waals surface area contributed by atoms with Crippen molar-refractivity contribution in [2.75, 3.05) is 0 Å². The molecule has 0 aliphatic carbocycles. The van der Waals surface area contributed by atoms with E-state index in [1.165, 1.54) is 12.1 Å². The van der Waals surface area contributed by atoms with Crippen molar-refractivity contribution in [2.45, 2.75) is 23.8 Å². The molecule has 0 saturated carbocycles. The zero-order valence-electron chi connectivity index (χ0n) is 15.6. The molecule has 31 heavy (non-hydrogen) atoms. The lowest BCUT2D eigenvalue weighted by Gasteiger charge is -2.15. The average Bonchev–Trinajstić information content (AvgIpc) is 2.72. The highest BCUT2D eigenvalue weighted by molar-refractivity contribution is 7.89. The van der Waals surface area contributed by atoms with Crippen molar-refractivity contribution in [2.24, 2.45) is 0 Å². The molecule has 0 aromatic heterocycles. The summed E-state index contributed by atoms with van der Waals surface area (Å²) in [4.78, 5) is -0.171. The fourth-order valence-corrected chi connectivity index (χ4v) is 3.86. The van der Waals surface area contributed by atoms with E-state index in [0.717, 1.165) is 11.1 Å². The third-order valence-electron chi connectivity index (χ3n) is 4.39. The Kier molecular flexibility index (Phi) is 6.15. The summed E-state index contributed by atoms with van der Waals surface area (Å²) in [6.45, 7) is -0.740. The topological polar surface area (TPSA) is 46.2 Å². The van der Waals surface area contributed by atoms with Crippen LogP contribution in [0.15, 0.2) is 77.7 Å². The standard InChI is InChI=1S/C21H15F6NO2S/c22-20(23,24)17-10-14(11-18(12-17)21(25,26)27)13-28-31(29,30)19-8-6-16(7-9-19)15-4-2-1-3-5-15/h1-12,28H,13H2. The number of hydrogen-bond acceptors (Lipinski definition) is 2. The summed E-state index contributed by atoms with van der Waals surface area (Å²) in [5, 5.41) is 0. The summed E-state index contributed by atoms with van der Waals surface area (Å²) in [7, 11) is -4.17. The van der Waals surface area contributed by atoms with E-state index in [2.05, 4.69) is 0 Å². The molecule has 0 bridgehead atoms. The van der Waals surface area contributed by atoms with Crippen molar-refractivity contribution in [3.63, 3.8) is 0 Å². The fourth-order valence-electron chi connectivity index (χ4n) is 2.84. The van der Waals surface area contributed by atoms with Gasteiger partial charge in [-0.3, -0.25) is 0 Å². The SMILES string of the molecule is O=S(=O)(NCc1cc(C(F)(F)F)cc(C(F)(F)F)c1)c1ccc(-c2ccccc2)cc1. The molecule has 3 rings (SSSR count). The first-order chi connectivity index (χ1) is 14.4. The number of alkyl halides is 6. The van der Waals surface area contributed by atoms with Crippen molar-refractivity contribution in [1.82, 2.24) is 4.72 Å². The lowest BCUT2D eigenvalue weighted by atomic mass is 10.0. The van der Waals surface area contributed by atoms with E-state index >= 15 is 0 Å². The maximum atomic E-state index is 12.9. The molecule has 0 heterocycles. The van der Waals surface area contributed by atoms with Crippen LogP contribution in [0.1, 0.15) is 16.7 Å². The summed E-state index contributed by atoms with van der Waals surface area (Å²) in [5.41, 5.74) is -1.89. The van der Waals surface area contributed by atoms with Crippen LogP contribution in [0.25, 0.3) is 11.1 Å². The van der Waals surface area contributed by atoms with E-state index in [1.54, 1.807) is 12.1 Å². The highest BCUT2D eigenvalue weighted by atomic mass is 32.2. The van der Waals surface area contributed by atoms with Gasteiger partial charge >= 0.3 is 12.4 Å². The number of hydrogen-bond donors (Lipinski definition) is 1. The predicted molar refractivity (Wildman–Crippen MR) is 102 cm³/mol. The van der Waals surface area contributed by atoms with Crippen LogP contribution in [0.4, 0.5) is 26.3 Å². The maximum Gasteiger partial charge on any atom is 0.416 e. The Hall–Kier alpha value is -2.85. The average molecular weight is 459 g/mol. The van der Waals surface area contributed by atoms with Crippen LogP contribution in [0, 0.1) is 0 Å². The van der Waals surface area contributed by atoms with E-state index in [-0.39, 0.29) is 11.0 Å². The second-order valence-corrected chi connectivity index (χ2v) is 8.40. The quantitative estimate of drug-likeness (QED) is 0.485. The van der Waals surface area contributed by atoms with Crippen LogP contribution in [0.3, 0.4) is 0 Å². The highest BCUT2D eigenvalue weighted by Gasteiger charge is 2.36. The van der Waals surface area contributed by atoms with Gasteiger partial charge in [-0.25, -0.2) is 13.1 Å². The van der Waals surface area contributed by atoms with Crippen molar-refractivity contribution >= 4 is 10.0 Å². The van der Waals surface area contributed by atoms with E-state index in [4.69, 9.17) is 0 Å². The lowest BCUT2D eigenvalue weighted by Crippen LogP contribution is -2.24. The molecule has 1 N–H and O–H groups in total. The minimum Gasteiger partial charge on any atom is -0.207 e. The third kappa shape index (κ3) is 5.65. The van der Waals surface area contributed by atoms with Gasteiger partial charge in [0.1, 0.15) is 0 Å². The van der Waals surface area contributed by atoms with Crippen LogP contribution < -0.4 is 4.72 Å². The maximum absolute atomic E-state index is 12.9. The molecule has 0 amide bonds. The van der Waals surface area contributed by atoms with Gasteiger partial charge < -0.3 is 0 Å².